The van der Waals surface area contributed by atoms with Gasteiger partial charge < -0.3 is 5.11 Å². The maximum Gasteiger partial charge on any atom is 0.0977 e. The van der Waals surface area contributed by atoms with Crippen molar-refractivity contribution in [2.24, 2.45) is 0 Å². The standard InChI is InChI=1S/C18H18O/c1-13-12-17(14-8-4-3-5-9-14)18(2,19)16-11-7-6-10-15(13)16/h3-12,17,19H,1-2H3/t17-,18-/m1/s1. The maximum absolute atomic E-state index is 11.0. The predicted octanol–water partition coefficient (Wildman–Crippen LogP) is 4.09. The van der Waals surface area contributed by atoms with E-state index in [0.29, 0.717) is 0 Å². The lowest BCUT2D eigenvalue weighted by atomic mass is 9.71. The minimum atomic E-state index is -0.864. The van der Waals surface area contributed by atoms with Crippen LogP contribution in [0.25, 0.3) is 5.57 Å². The zero-order valence-electron chi connectivity index (χ0n) is 11.3. The lowest BCUT2D eigenvalue weighted by Gasteiger charge is -2.37. The molecule has 1 aliphatic rings. The first-order chi connectivity index (χ1) is 9.10. The third-order valence-electron chi connectivity index (χ3n) is 4.08. The van der Waals surface area contributed by atoms with E-state index in [2.05, 4.69) is 31.2 Å². The number of hydrogen-bond acceptors (Lipinski definition) is 1. The van der Waals surface area contributed by atoms with Gasteiger partial charge in [-0.3, -0.25) is 0 Å². The molecule has 2 atom stereocenters. The normalized spacial score (nSPS) is 25.6. The molecule has 0 spiro atoms. The van der Waals surface area contributed by atoms with Crippen LogP contribution in [0.2, 0.25) is 0 Å². The highest BCUT2D eigenvalue weighted by Crippen LogP contribution is 2.45. The number of rotatable bonds is 1. The van der Waals surface area contributed by atoms with Gasteiger partial charge in [0, 0.05) is 5.92 Å². The highest BCUT2D eigenvalue weighted by Gasteiger charge is 2.38. The molecule has 1 N–H and O–H groups in total. The van der Waals surface area contributed by atoms with Crippen molar-refractivity contribution in [1.29, 1.82) is 0 Å². The van der Waals surface area contributed by atoms with Gasteiger partial charge in [0.25, 0.3) is 0 Å². The Bertz CT molecular complexity index is 623. The zero-order valence-corrected chi connectivity index (χ0v) is 11.3. The van der Waals surface area contributed by atoms with Crippen LogP contribution in [-0.4, -0.2) is 5.11 Å². The molecular formula is C18H18O. The Morgan fingerprint density at radius 3 is 2.32 bits per heavy atom. The van der Waals surface area contributed by atoms with Crippen molar-refractivity contribution in [2.45, 2.75) is 25.4 Å². The van der Waals surface area contributed by atoms with Crippen molar-refractivity contribution in [3.8, 4) is 0 Å². The average molecular weight is 250 g/mol. The Labute approximate surface area is 114 Å². The largest absolute Gasteiger partial charge is 0.384 e. The fraction of sp³-hybridized carbons (Fsp3) is 0.222. The molecule has 0 amide bonds. The van der Waals surface area contributed by atoms with Gasteiger partial charge >= 0.3 is 0 Å². The number of allylic oxidation sites excluding steroid dienone is 1. The van der Waals surface area contributed by atoms with Gasteiger partial charge in [0.15, 0.2) is 0 Å². The third-order valence-corrected chi connectivity index (χ3v) is 4.08. The van der Waals surface area contributed by atoms with Crippen LogP contribution < -0.4 is 0 Å². The van der Waals surface area contributed by atoms with Crippen molar-refractivity contribution >= 4 is 5.57 Å². The number of fused-ring (bicyclic) bond motifs is 1. The second-order valence-electron chi connectivity index (χ2n) is 5.43. The van der Waals surface area contributed by atoms with E-state index in [1.807, 2.05) is 43.3 Å². The molecule has 1 nitrogen and oxygen atoms in total. The molecular weight excluding hydrogens is 232 g/mol. The Balaban J connectivity index is 2.18. The molecule has 0 bridgehead atoms. The Morgan fingerprint density at radius 1 is 0.947 bits per heavy atom. The topological polar surface area (TPSA) is 20.2 Å². The van der Waals surface area contributed by atoms with Gasteiger partial charge in [-0.1, -0.05) is 60.7 Å². The van der Waals surface area contributed by atoms with E-state index in [-0.39, 0.29) is 5.92 Å². The van der Waals surface area contributed by atoms with Gasteiger partial charge in [0.05, 0.1) is 5.60 Å². The fourth-order valence-corrected chi connectivity index (χ4v) is 3.02. The fourth-order valence-electron chi connectivity index (χ4n) is 3.02. The Morgan fingerprint density at radius 2 is 1.58 bits per heavy atom. The van der Waals surface area contributed by atoms with Gasteiger partial charge in [0.2, 0.25) is 0 Å². The van der Waals surface area contributed by atoms with Crippen LogP contribution in [0.5, 0.6) is 0 Å². The van der Waals surface area contributed by atoms with E-state index in [9.17, 15) is 5.11 Å². The summed E-state index contributed by atoms with van der Waals surface area (Å²) >= 11 is 0. The van der Waals surface area contributed by atoms with E-state index in [0.717, 1.165) is 16.7 Å². The summed E-state index contributed by atoms with van der Waals surface area (Å²) in [5.41, 5.74) is 3.69. The van der Waals surface area contributed by atoms with E-state index in [4.69, 9.17) is 0 Å². The molecule has 19 heavy (non-hydrogen) atoms. The molecule has 2 aromatic carbocycles. The summed E-state index contributed by atoms with van der Waals surface area (Å²) in [6, 6.07) is 18.3. The van der Waals surface area contributed by atoms with Crippen molar-refractivity contribution in [1.82, 2.24) is 0 Å². The minimum absolute atomic E-state index is 0.00333. The van der Waals surface area contributed by atoms with Crippen LogP contribution in [0.4, 0.5) is 0 Å². The molecule has 0 unspecified atom stereocenters. The van der Waals surface area contributed by atoms with E-state index in [1.54, 1.807) is 0 Å². The summed E-state index contributed by atoms with van der Waals surface area (Å²) < 4.78 is 0. The second-order valence-corrected chi connectivity index (χ2v) is 5.43. The summed E-state index contributed by atoms with van der Waals surface area (Å²) in [6.45, 7) is 4.02. The third kappa shape index (κ3) is 1.91. The van der Waals surface area contributed by atoms with Crippen LogP contribution in [-0.2, 0) is 5.60 Å². The van der Waals surface area contributed by atoms with Gasteiger partial charge in [-0.2, -0.15) is 0 Å². The van der Waals surface area contributed by atoms with Gasteiger partial charge in [0.1, 0.15) is 0 Å². The smallest absolute Gasteiger partial charge is 0.0977 e. The summed E-state index contributed by atoms with van der Waals surface area (Å²) in [7, 11) is 0. The first kappa shape index (κ1) is 12.2. The van der Waals surface area contributed by atoms with Crippen molar-refractivity contribution < 1.29 is 5.11 Å². The predicted molar refractivity (Wildman–Crippen MR) is 78.8 cm³/mol. The minimum Gasteiger partial charge on any atom is -0.384 e. The molecule has 0 heterocycles. The Kier molecular flexibility index (Phi) is 2.79. The van der Waals surface area contributed by atoms with Crippen molar-refractivity contribution in [2.75, 3.05) is 0 Å². The first-order valence-electron chi connectivity index (χ1n) is 6.66. The van der Waals surface area contributed by atoms with Crippen LogP contribution in [0.1, 0.15) is 36.5 Å². The summed E-state index contributed by atoms with van der Waals surface area (Å²) in [5.74, 6) is 0.00333. The quantitative estimate of drug-likeness (QED) is 0.808. The first-order valence-corrected chi connectivity index (χ1v) is 6.66. The van der Waals surface area contributed by atoms with Crippen LogP contribution in [0.3, 0.4) is 0 Å². The van der Waals surface area contributed by atoms with E-state index >= 15 is 0 Å². The average Bonchev–Trinajstić information content (AvgIpc) is 2.44. The molecule has 0 saturated heterocycles. The van der Waals surface area contributed by atoms with Crippen LogP contribution in [0, 0.1) is 0 Å². The lowest BCUT2D eigenvalue weighted by Crippen LogP contribution is -2.32. The molecule has 0 fully saturated rings. The SMILES string of the molecule is CC1=C[C@H](c2ccccc2)[C@](C)(O)c2ccccc21. The zero-order chi connectivity index (χ0) is 13.5. The second kappa shape index (κ2) is 4.36. The summed E-state index contributed by atoms with van der Waals surface area (Å²) in [4.78, 5) is 0. The molecule has 96 valence electrons. The van der Waals surface area contributed by atoms with Gasteiger partial charge in [-0.25, -0.2) is 0 Å². The molecule has 3 rings (SSSR count). The molecule has 1 heteroatoms. The van der Waals surface area contributed by atoms with Crippen LogP contribution in [0.15, 0.2) is 60.7 Å². The van der Waals surface area contributed by atoms with Crippen LogP contribution >= 0.6 is 0 Å². The lowest BCUT2D eigenvalue weighted by molar-refractivity contribution is 0.0399. The molecule has 1 aliphatic carbocycles. The highest BCUT2D eigenvalue weighted by molar-refractivity contribution is 5.71. The van der Waals surface area contributed by atoms with Crippen molar-refractivity contribution in [3.05, 3.63) is 77.4 Å². The number of hydrogen-bond donors (Lipinski definition) is 1. The molecule has 2 aromatic rings. The maximum atomic E-state index is 11.0. The highest BCUT2D eigenvalue weighted by atomic mass is 16.3. The molecule has 0 aromatic heterocycles. The Hall–Kier alpha value is -1.86. The monoisotopic (exact) mass is 250 g/mol. The number of aliphatic hydroxyl groups is 1. The summed E-state index contributed by atoms with van der Waals surface area (Å²) in [6.07, 6.45) is 2.18. The van der Waals surface area contributed by atoms with E-state index in [1.165, 1.54) is 5.57 Å². The van der Waals surface area contributed by atoms with Crippen molar-refractivity contribution in [3.63, 3.8) is 0 Å². The van der Waals surface area contributed by atoms with Gasteiger partial charge in [-0.05, 0) is 36.1 Å². The van der Waals surface area contributed by atoms with Gasteiger partial charge in [-0.15, -0.1) is 0 Å². The molecule has 0 saturated carbocycles. The summed E-state index contributed by atoms with van der Waals surface area (Å²) in [5, 5.41) is 11.0. The van der Waals surface area contributed by atoms with E-state index < -0.39 is 5.60 Å². The molecule has 0 aliphatic heterocycles. The number of benzene rings is 2. The molecule has 0 radical (unpaired) electrons.